The van der Waals surface area contributed by atoms with E-state index in [1.54, 1.807) is 6.07 Å². The second-order valence-corrected chi connectivity index (χ2v) is 5.76. The summed E-state index contributed by atoms with van der Waals surface area (Å²) in [5.74, 6) is 0.342. The Kier molecular flexibility index (Phi) is 3.38. The number of hydrogen-bond donors (Lipinski definition) is 1. The van der Waals surface area contributed by atoms with Crippen molar-refractivity contribution in [1.29, 1.82) is 0 Å². The molecule has 1 aliphatic heterocycles. The van der Waals surface area contributed by atoms with Gasteiger partial charge in [0.15, 0.2) is 5.82 Å². The number of amides is 1. The van der Waals surface area contributed by atoms with Crippen LogP contribution in [0.25, 0.3) is 11.0 Å². The van der Waals surface area contributed by atoms with Crippen molar-refractivity contribution in [2.24, 2.45) is 0 Å². The lowest BCUT2D eigenvalue weighted by molar-refractivity contribution is -0.119. The molecular weight excluding hydrogens is 281 g/mol. The number of para-hydroxylation sites is 1. The molecule has 106 valence electrons. The SMILES string of the molecule is CC(Cl)c1nc2c(F)cccc2n1CC1CCC(=O)N1. The largest absolute Gasteiger partial charge is 0.352 e. The van der Waals surface area contributed by atoms with Gasteiger partial charge in [-0.15, -0.1) is 11.6 Å². The summed E-state index contributed by atoms with van der Waals surface area (Å²) in [6.45, 7) is 2.38. The first-order valence-corrected chi connectivity index (χ1v) is 7.08. The molecule has 6 heteroatoms. The van der Waals surface area contributed by atoms with Crippen molar-refractivity contribution in [1.82, 2.24) is 14.9 Å². The van der Waals surface area contributed by atoms with Crippen molar-refractivity contribution in [3.8, 4) is 0 Å². The van der Waals surface area contributed by atoms with E-state index in [1.807, 2.05) is 17.6 Å². The van der Waals surface area contributed by atoms with Crippen LogP contribution in [-0.4, -0.2) is 21.5 Å². The Bertz CT molecular complexity index is 668. The Hall–Kier alpha value is -1.62. The smallest absolute Gasteiger partial charge is 0.220 e. The summed E-state index contributed by atoms with van der Waals surface area (Å²) in [5, 5.41) is 2.59. The van der Waals surface area contributed by atoms with Crippen LogP contribution in [0.3, 0.4) is 0 Å². The summed E-state index contributed by atoms with van der Waals surface area (Å²) in [7, 11) is 0. The van der Waals surface area contributed by atoms with Gasteiger partial charge in [0.1, 0.15) is 11.3 Å². The maximum atomic E-state index is 13.8. The fourth-order valence-corrected chi connectivity index (χ4v) is 2.83. The molecule has 2 aromatic rings. The van der Waals surface area contributed by atoms with Crippen LogP contribution in [0.1, 0.15) is 31.0 Å². The van der Waals surface area contributed by atoms with Crippen LogP contribution < -0.4 is 5.32 Å². The minimum absolute atomic E-state index is 0.0531. The lowest BCUT2D eigenvalue weighted by Crippen LogP contribution is -2.30. The number of fused-ring (bicyclic) bond motifs is 1. The molecule has 3 rings (SSSR count). The predicted octanol–water partition coefficient (Wildman–Crippen LogP) is 2.75. The van der Waals surface area contributed by atoms with Crippen LogP contribution in [0.2, 0.25) is 0 Å². The van der Waals surface area contributed by atoms with Gasteiger partial charge in [-0.05, 0) is 25.5 Å². The first-order chi connectivity index (χ1) is 9.56. The number of alkyl halides is 1. The van der Waals surface area contributed by atoms with Gasteiger partial charge in [0.25, 0.3) is 0 Å². The fraction of sp³-hybridized carbons (Fsp3) is 0.429. The van der Waals surface area contributed by atoms with Crippen molar-refractivity contribution in [3.05, 3.63) is 29.8 Å². The Labute approximate surface area is 120 Å². The van der Waals surface area contributed by atoms with Gasteiger partial charge in [-0.1, -0.05) is 6.07 Å². The van der Waals surface area contributed by atoms with Crippen LogP contribution in [0.4, 0.5) is 4.39 Å². The second kappa shape index (κ2) is 5.05. The van der Waals surface area contributed by atoms with E-state index in [-0.39, 0.29) is 23.1 Å². The van der Waals surface area contributed by atoms with Gasteiger partial charge in [0.05, 0.1) is 10.9 Å². The van der Waals surface area contributed by atoms with E-state index in [2.05, 4.69) is 10.3 Å². The van der Waals surface area contributed by atoms with Crippen LogP contribution in [0.5, 0.6) is 0 Å². The van der Waals surface area contributed by atoms with Gasteiger partial charge in [-0.25, -0.2) is 9.37 Å². The summed E-state index contributed by atoms with van der Waals surface area (Å²) >= 11 is 6.15. The maximum absolute atomic E-state index is 13.8. The minimum atomic E-state index is -0.352. The molecule has 1 N–H and O–H groups in total. The van der Waals surface area contributed by atoms with Crippen molar-refractivity contribution in [2.45, 2.75) is 37.7 Å². The van der Waals surface area contributed by atoms with Gasteiger partial charge >= 0.3 is 0 Å². The molecule has 0 bridgehead atoms. The average Bonchev–Trinajstić information content (AvgIpc) is 2.96. The zero-order valence-corrected chi connectivity index (χ0v) is 11.8. The zero-order chi connectivity index (χ0) is 14.3. The maximum Gasteiger partial charge on any atom is 0.220 e. The lowest BCUT2D eigenvalue weighted by Gasteiger charge is -2.15. The third kappa shape index (κ3) is 2.26. The summed E-state index contributed by atoms with van der Waals surface area (Å²) < 4.78 is 15.7. The number of hydrogen-bond acceptors (Lipinski definition) is 2. The molecule has 0 spiro atoms. The summed E-state index contributed by atoms with van der Waals surface area (Å²) in [6, 6.07) is 4.92. The van der Waals surface area contributed by atoms with E-state index in [1.165, 1.54) is 6.07 Å². The Morgan fingerprint density at radius 2 is 2.40 bits per heavy atom. The quantitative estimate of drug-likeness (QED) is 0.885. The number of nitrogens with zero attached hydrogens (tertiary/aromatic N) is 2. The number of carbonyl (C=O) groups is 1. The monoisotopic (exact) mass is 295 g/mol. The lowest BCUT2D eigenvalue weighted by atomic mass is 10.2. The van der Waals surface area contributed by atoms with Gasteiger partial charge < -0.3 is 9.88 Å². The summed E-state index contributed by atoms with van der Waals surface area (Å²) in [6.07, 6.45) is 1.32. The highest BCUT2D eigenvalue weighted by Gasteiger charge is 2.24. The molecule has 20 heavy (non-hydrogen) atoms. The molecule has 1 aromatic carbocycles. The number of halogens is 2. The van der Waals surface area contributed by atoms with Crippen LogP contribution >= 0.6 is 11.6 Å². The van der Waals surface area contributed by atoms with E-state index in [0.717, 1.165) is 6.42 Å². The molecule has 2 atom stereocenters. The first-order valence-electron chi connectivity index (χ1n) is 6.64. The molecule has 1 saturated heterocycles. The van der Waals surface area contributed by atoms with Gasteiger partial charge in [0.2, 0.25) is 5.91 Å². The molecule has 2 unspecified atom stereocenters. The van der Waals surface area contributed by atoms with E-state index >= 15 is 0 Å². The van der Waals surface area contributed by atoms with Gasteiger partial charge in [-0.3, -0.25) is 4.79 Å². The number of aromatic nitrogens is 2. The molecule has 1 aromatic heterocycles. The van der Waals surface area contributed by atoms with Crippen molar-refractivity contribution < 1.29 is 9.18 Å². The second-order valence-electron chi connectivity index (χ2n) is 5.11. The number of nitrogens with one attached hydrogen (secondary N) is 1. The standard InChI is InChI=1S/C14H15ClFN3O/c1-8(15)14-18-13-10(16)3-2-4-11(13)19(14)7-9-5-6-12(20)17-9/h2-4,8-9H,5-7H2,1H3,(H,17,20). The molecule has 1 amide bonds. The fourth-order valence-electron chi connectivity index (χ4n) is 2.66. The third-order valence-electron chi connectivity index (χ3n) is 3.60. The molecule has 0 aliphatic carbocycles. The van der Waals surface area contributed by atoms with Gasteiger partial charge in [-0.2, -0.15) is 0 Å². The Balaban J connectivity index is 2.05. The predicted molar refractivity (Wildman–Crippen MR) is 75.1 cm³/mol. The highest BCUT2D eigenvalue weighted by molar-refractivity contribution is 6.20. The van der Waals surface area contributed by atoms with Crippen LogP contribution in [-0.2, 0) is 11.3 Å². The summed E-state index contributed by atoms with van der Waals surface area (Å²) in [5.41, 5.74) is 1.05. The van der Waals surface area contributed by atoms with Crippen molar-refractivity contribution in [2.75, 3.05) is 0 Å². The van der Waals surface area contributed by atoms with E-state index < -0.39 is 0 Å². The Morgan fingerprint density at radius 3 is 3.05 bits per heavy atom. The molecule has 0 saturated carbocycles. The highest BCUT2D eigenvalue weighted by atomic mass is 35.5. The number of benzene rings is 1. The molecule has 0 radical (unpaired) electrons. The van der Waals surface area contributed by atoms with Crippen molar-refractivity contribution >= 4 is 28.5 Å². The Morgan fingerprint density at radius 1 is 1.60 bits per heavy atom. The number of carbonyl (C=O) groups excluding carboxylic acids is 1. The average molecular weight is 296 g/mol. The number of rotatable bonds is 3. The summed E-state index contributed by atoms with van der Waals surface area (Å²) in [4.78, 5) is 15.6. The van der Waals surface area contributed by atoms with E-state index in [0.29, 0.717) is 29.8 Å². The molecule has 1 fully saturated rings. The van der Waals surface area contributed by atoms with E-state index in [9.17, 15) is 9.18 Å². The topological polar surface area (TPSA) is 46.9 Å². The molecular formula is C14H15ClFN3O. The highest BCUT2D eigenvalue weighted by Crippen LogP contribution is 2.27. The van der Waals surface area contributed by atoms with Crippen LogP contribution in [0.15, 0.2) is 18.2 Å². The van der Waals surface area contributed by atoms with Crippen molar-refractivity contribution in [3.63, 3.8) is 0 Å². The molecule has 2 heterocycles. The number of imidazole rings is 1. The van der Waals surface area contributed by atoms with E-state index in [4.69, 9.17) is 11.6 Å². The van der Waals surface area contributed by atoms with Gasteiger partial charge in [0, 0.05) is 19.0 Å². The first kappa shape index (κ1) is 13.4. The normalized spacial score (nSPS) is 20.4. The minimum Gasteiger partial charge on any atom is -0.352 e. The molecule has 1 aliphatic rings. The van der Waals surface area contributed by atoms with Crippen LogP contribution in [0, 0.1) is 5.82 Å². The third-order valence-corrected chi connectivity index (χ3v) is 3.80. The molecule has 4 nitrogen and oxygen atoms in total. The zero-order valence-electron chi connectivity index (χ0n) is 11.1.